The summed E-state index contributed by atoms with van der Waals surface area (Å²) in [5.74, 6) is -0.0850. The zero-order chi connectivity index (χ0) is 17.9. The number of piperidine rings is 1. The van der Waals surface area contributed by atoms with E-state index in [1.165, 1.54) is 0 Å². The van der Waals surface area contributed by atoms with Crippen molar-refractivity contribution in [1.82, 2.24) is 10.2 Å². The molecule has 2 fully saturated rings. The molecular formula is C19H26N2O4. The molecule has 2 amide bonds. The second-order valence-electron chi connectivity index (χ2n) is 7.00. The Morgan fingerprint density at radius 2 is 2.12 bits per heavy atom. The van der Waals surface area contributed by atoms with Crippen LogP contribution in [0.2, 0.25) is 0 Å². The third-order valence-corrected chi connectivity index (χ3v) is 5.03. The number of ether oxygens (including phenoxy) is 2. The number of benzene rings is 1. The minimum absolute atomic E-state index is 0.0482. The number of rotatable bonds is 4. The standard InChI is InChI=1S/C19H26N2O4/c1-14-4-6-15(7-5-14)18(23)21-9-3-8-19(13-21)10-16(11-25-19)24-12-17(22)20-2/h4-7,16H,3,8-13H2,1-2H3,(H,20,22)/t16-,19+/m0/s1. The molecule has 1 aromatic carbocycles. The van der Waals surface area contributed by atoms with E-state index < -0.39 is 0 Å². The summed E-state index contributed by atoms with van der Waals surface area (Å²) in [4.78, 5) is 26.0. The lowest BCUT2D eigenvalue weighted by atomic mass is 9.89. The van der Waals surface area contributed by atoms with Gasteiger partial charge >= 0.3 is 0 Å². The van der Waals surface area contributed by atoms with Crippen LogP contribution >= 0.6 is 0 Å². The Hall–Kier alpha value is -1.92. The number of carbonyl (C=O) groups is 2. The van der Waals surface area contributed by atoms with Crippen LogP contribution in [0.25, 0.3) is 0 Å². The second kappa shape index (κ2) is 7.54. The fourth-order valence-corrected chi connectivity index (χ4v) is 3.61. The van der Waals surface area contributed by atoms with Crippen LogP contribution in [0, 0.1) is 6.92 Å². The van der Waals surface area contributed by atoms with Gasteiger partial charge in [0.25, 0.3) is 5.91 Å². The number of likely N-dealkylation sites (tertiary alicyclic amines) is 1. The minimum Gasteiger partial charge on any atom is -0.370 e. The Balaban J connectivity index is 1.60. The van der Waals surface area contributed by atoms with Crippen molar-refractivity contribution in [3.63, 3.8) is 0 Å². The molecule has 0 aliphatic carbocycles. The van der Waals surface area contributed by atoms with Crippen molar-refractivity contribution in [2.24, 2.45) is 0 Å². The maximum absolute atomic E-state index is 12.8. The molecule has 25 heavy (non-hydrogen) atoms. The molecule has 6 nitrogen and oxygen atoms in total. The number of nitrogens with zero attached hydrogens (tertiary/aromatic N) is 1. The number of aryl methyl sites for hydroxylation is 1. The van der Waals surface area contributed by atoms with Crippen molar-refractivity contribution in [3.05, 3.63) is 35.4 Å². The molecule has 0 aromatic heterocycles. The molecule has 6 heteroatoms. The fourth-order valence-electron chi connectivity index (χ4n) is 3.61. The van der Waals surface area contributed by atoms with Crippen molar-refractivity contribution in [3.8, 4) is 0 Å². The van der Waals surface area contributed by atoms with Crippen LogP contribution in [-0.2, 0) is 14.3 Å². The molecule has 0 saturated carbocycles. The van der Waals surface area contributed by atoms with Crippen molar-refractivity contribution < 1.29 is 19.1 Å². The maximum Gasteiger partial charge on any atom is 0.253 e. The third-order valence-electron chi connectivity index (χ3n) is 5.03. The van der Waals surface area contributed by atoms with Gasteiger partial charge in [0.1, 0.15) is 6.61 Å². The van der Waals surface area contributed by atoms with E-state index in [4.69, 9.17) is 9.47 Å². The van der Waals surface area contributed by atoms with Gasteiger partial charge in [-0.3, -0.25) is 9.59 Å². The largest absolute Gasteiger partial charge is 0.370 e. The highest BCUT2D eigenvalue weighted by molar-refractivity contribution is 5.94. The first-order valence-corrected chi connectivity index (χ1v) is 8.83. The van der Waals surface area contributed by atoms with Gasteiger partial charge in [-0.15, -0.1) is 0 Å². The van der Waals surface area contributed by atoms with Crippen LogP contribution in [0.4, 0.5) is 0 Å². The van der Waals surface area contributed by atoms with E-state index >= 15 is 0 Å². The second-order valence-corrected chi connectivity index (χ2v) is 7.00. The summed E-state index contributed by atoms with van der Waals surface area (Å²) in [6, 6.07) is 7.68. The monoisotopic (exact) mass is 346 g/mol. The SMILES string of the molecule is CNC(=O)CO[C@@H]1CO[C@]2(CCCN(C(=O)c3ccc(C)cc3)C2)C1. The third kappa shape index (κ3) is 4.19. The smallest absolute Gasteiger partial charge is 0.253 e. The van der Waals surface area contributed by atoms with Gasteiger partial charge in [-0.05, 0) is 31.9 Å². The van der Waals surface area contributed by atoms with E-state index in [0.29, 0.717) is 18.7 Å². The first-order valence-electron chi connectivity index (χ1n) is 8.83. The van der Waals surface area contributed by atoms with E-state index in [2.05, 4.69) is 5.32 Å². The highest BCUT2D eigenvalue weighted by Crippen LogP contribution is 2.36. The number of likely N-dealkylation sites (N-methyl/N-ethyl adjacent to an activating group) is 1. The lowest BCUT2D eigenvalue weighted by molar-refractivity contribution is -0.127. The molecule has 2 atom stereocenters. The van der Waals surface area contributed by atoms with E-state index in [1.807, 2.05) is 36.1 Å². The van der Waals surface area contributed by atoms with Crippen molar-refractivity contribution >= 4 is 11.8 Å². The van der Waals surface area contributed by atoms with Gasteiger partial charge in [0.15, 0.2) is 0 Å². The van der Waals surface area contributed by atoms with Gasteiger partial charge in [0.05, 0.1) is 24.9 Å². The molecule has 0 bridgehead atoms. The van der Waals surface area contributed by atoms with Crippen LogP contribution in [0.3, 0.4) is 0 Å². The van der Waals surface area contributed by atoms with Crippen LogP contribution < -0.4 is 5.32 Å². The lowest BCUT2D eigenvalue weighted by Crippen LogP contribution is -2.50. The summed E-state index contributed by atoms with van der Waals surface area (Å²) in [6.45, 7) is 3.87. The van der Waals surface area contributed by atoms with Crippen LogP contribution in [0.1, 0.15) is 35.2 Å². The molecule has 1 aromatic rings. The van der Waals surface area contributed by atoms with Crippen LogP contribution in [-0.4, -0.2) is 61.8 Å². The van der Waals surface area contributed by atoms with Crippen molar-refractivity contribution in [1.29, 1.82) is 0 Å². The zero-order valence-electron chi connectivity index (χ0n) is 14.9. The average molecular weight is 346 g/mol. The van der Waals surface area contributed by atoms with Crippen molar-refractivity contribution in [2.75, 3.05) is 33.4 Å². The van der Waals surface area contributed by atoms with Crippen LogP contribution in [0.15, 0.2) is 24.3 Å². The quantitative estimate of drug-likeness (QED) is 0.898. The normalized spacial score (nSPS) is 26.0. The number of nitrogens with one attached hydrogen (secondary N) is 1. The summed E-state index contributed by atoms with van der Waals surface area (Å²) < 4.78 is 11.7. The topological polar surface area (TPSA) is 67.9 Å². The van der Waals surface area contributed by atoms with Gasteiger partial charge in [-0.2, -0.15) is 0 Å². The zero-order valence-corrected chi connectivity index (χ0v) is 14.9. The summed E-state index contributed by atoms with van der Waals surface area (Å²) in [5.41, 5.74) is 1.52. The van der Waals surface area contributed by atoms with Gasteiger partial charge in [0, 0.05) is 25.6 Å². The molecule has 1 spiro atoms. The van der Waals surface area contributed by atoms with Crippen molar-refractivity contribution in [2.45, 2.75) is 37.9 Å². The Morgan fingerprint density at radius 3 is 2.84 bits per heavy atom. The Kier molecular flexibility index (Phi) is 5.39. The van der Waals surface area contributed by atoms with Gasteiger partial charge < -0.3 is 19.7 Å². The molecule has 2 heterocycles. The Labute approximate surface area is 148 Å². The summed E-state index contributed by atoms with van der Waals surface area (Å²) in [7, 11) is 1.59. The molecule has 0 radical (unpaired) electrons. The molecule has 136 valence electrons. The Bertz CT molecular complexity index is 631. The molecule has 3 rings (SSSR count). The molecule has 2 aliphatic rings. The average Bonchev–Trinajstić information content (AvgIpc) is 3.02. The number of hydrogen-bond acceptors (Lipinski definition) is 4. The fraction of sp³-hybridized carbons (Fsp3) is 0.579. The highest BCUT2D eigenvalue weighted by atomic mass is 16.6. The van der Waals surface area contributed by atoms with Gasteiger partial charge in [0.2, 0.25) is 5.91 Å². The van der Waals surface area contributed by atoms with E-state index in [9.17, 15) is 9.59 Å². The first-order chi connectivity index (χ1) is 12.0. The molecule has 0 unspecified atom stereocenters. The predicted octanol–water partition coefficient (Wildman–Crippen LogP) is 1.52. The first kappa shape index (κ1) is 17.9. The summed E-state index contributed by atoms with van der Waals surface area (Å²) in [5, 5.41) is 2.55. The van der Waals surface area contributed by atoms with Crippen LogP contribution in [0.5, 0.6) is 0 Å². The maximum atomic E-state index is 12.8. The molecule has 1 N–H and O–H groups in total. The predicted molar refractivity (Wildman–Crippen MR) is 93.4 cm³/mol. The number of carbonyl (C=O) groups excluding carboxylic acids is 2. The summed E-state index contributed by atoms with van der Waals surface area (Å²) >= 11 is 0. The lowest BCUT2D eigenvalue weighted by Gasteiger charge is -2.39. The highest BCUT2D eigenvalue weighted by Gasteiger charge is 2.45. The van der Waals surface area contributed by atoms with Gasteiger partial charge in [-0.1, -0.05) is 17.7 Å². The van der Waals surface area contributed by atoms with E-state index in [-0.39, 0.29) is 30.1 Å². The van der Waals surface area contributed by atoms with Gasteiger partial charge in [-0.25, -0.2) is 0 Å². The Morgan fingerprint density at radius 1 is 1.36 bits per heavy atom. The summed E-state index contributed by atoms with van der Waals surface area (Å²) in [6.07, 6.45) is 2.47. The van der Waals surface area contributed by atoms with E-state index in [0.717, 1.165) is 31.4 Å². The molecular weight excluding hydrogens is 320 g/mol. The van der Waals surface area contributed by atoms with E-state index in [1.54, 1.807) is 7.05 Å². The molecule has 2 aliphatic heterocycles. The molecule has 2 saturated heterocycles. The number of hydrogen-bond donors (Lipinski definition) is 1. The minimum atomic E-state index is -0.341. The number of amides is 2.